The minimum Gasteiger partial charge on any atom is -0.399 e. The quantitative estimate of drug-likeness (QED) is 0.872. The van der Waals surface area contributed by atoms with Crippen molar-refractivity contribution in [3.05, 3.63) is 28.2 Å². The van der Waals surface area contributed by atoms with Crippen LogP contribution in [0.15, 0.2) is 22.7 Å². The first-order valence-corrected chi connectivity index (χ1v) is 8.25. The predicted molar refractivity (Wildman–Crippen MR) is 73.4 cm³/mol. The molecule has 0 saturated heterocycles. The lowest BCUT2D eigenvalue weighted by molar-refractivity contribution is 0.579. The molecule has 2 rings (SSSR count). The Morgan fingerprint density at radius 3 is 2.47 bits per heavy atom. The van der Waals surface area contributed by atoms with Gasteiger partial charge >= 0.3 is 0 Å². The fourth-order valence-corrected chi connectivity index (χ4v) is 4.83. The van der Waals surface area contributed by atoms with Crippen molar-refractivity contribution < 1.29 is 8.42 Å². The maximum absolute atomic E-state index is 12.2. The number of nitrogens with two attached hydrogens (primary N) is 1. The molecule has 0 amide bonds. The van der Waals surface area contributed by atoms with Crippen molar-refractivity contribution in [3.8, 4) is 0 Å². The van der Waals surface area contributed by atoms with Crippen molar-refractivity contribution in [2.45, 2.75) is 36.7 Å². The molecular weight excluding hydrogens is 302 g/mol. The first kappa shape index (κ1) is 12.9. The van der Waals surface area contributed by atoms with Gasteiger partial charge in [-0.1, -0.05) is 28.8 Å². The summed E-state index contributed by atoms with van der Waals surface area (Å²) in [5.41, 5.74) is 7.07. The molecule has 3 nitrogen and oxygen atoms in total. The molecular formula is C12H16BrNO2S. The molecule has 0 aromatic heterocycles. The molecule has 0 aliphatic heterocycles. The molecule has 1 saturated carbocycles. The molecule has 2 N–H and O–H groups in total. The lowest BCUT2D eigenvalue weighted by Gasteiger charge is -2.11. The average Bonchev–Trinajstić information content (AvgIpc) is 2.67. The van der Waals surface area contributed by atoms with Crippen LogP contribution in [0.25, 0.3) is 0 Å². The second-order valence-electron chi connectivity index (χ2n) is 4.61. The van der Waals surface area contributed by atoms with Crippen LogP contribution >= 0.6 is 15.9 Å². The zero-order valence-corrected chi connectivity index (χ0v) is 11.9. The standard InChI is InChI=1S/C12H16BrNO2S/c13-10-5-9(6-11(14)7-10)8-17(15,16)12-3-1-2-4-12/h5-7,12H,1-4,8,14H2. The summed E-state index contributed by atoms with van der Waals surface area (Å²) >= 11 is 3.33. The van der Waals surface area contributed by atoms with Crippen LogP contribution in [0.3, 0.4) is 0 Å². The highest BCUT2D eigenvalue weighted by Crippen LogP contribution is 2.28. The van der Waals surface area contributed by atoms with Crippen LogP contribution in [-0.2, 0) is 15.6 Å². The largest absolute Gasteiger partial charge is 0.399 e. The Kier molecular flexibility index (Phi) is 3.78. The van der Waals surface area contributed by atoms with E-state index in [4.69, 9.17) is 5.73 Å². The zero-order valence-electron chi connectivity index (χ0n) is 9.52. The number of nitrogen functional groups attached to an aromatic ring is 1. The number of anilines is 1. The molecule has 1 aliphatic carbocycles. The van der Waals surface area contributed by atoms with E-state index in [1.165, 1.54) is 0 Å². The summed E-state index contributed by atoms with van der Waals surface area (Å²) in [4.78, 5) is 0. The molecule has 94 valence electrons. The normalized spacial score (nSPS) is 17.5. The van der Waals surface area contributed by atoms with Gasteiger partial charge in [-0.3, -0.25) is 0 Å². The van der Waals surface area contributed by atoms with Gasteiger partial charge in [0.1, 0.15) is 0 Å². The molecule has 0 radical (unpaired) electrons. The second-order valence-corrected chi connectivity index (χ2v) is 7.80. The van der Waals surface area contributed by atoms with Crippen molar-refractivity contribution in [2.24, 2.45) is 0 Å². The zero-order chi connectivity index (χ0) is 12.5. The molecule has 0 bridgehead atoms. The molecule has 0 spiro atoms. The first-order valence-electron chi connectivity index (χ1n) is 5.74. The molecule has 1 aromatic rings. The van der Waals surface area contributed by atoms with E-state index < -0.39 is 9.84 Å². The van der Waals surface area contributed by atoms with E-state index in [2.05, 4.69) is 15.9 Å². The number of sulfone groups is 1. The predicted octanol–water partition coefficient (Wildman–Crippen LogP) is 2.89. The van der Waals surface area contributed by atoms with Gasteiger partial charge in [-0.2, -0.15) is 0 Å². The highest BCUT2D eigenvalue weighted by atomic mass is 79.9. The van der Waals surface area contributed by atoms with E-state index in [0.717, 1.165) is 35.7 Å². The van der Waals surface area contributed by atoms with Gasteiger partial charge in [0.2, 0.25) is 0 Å². The van der Waals surface area contributed by atoms with Crippen LogP contribution in [0.2, 0.25) is 0 Å². The Hall–Kier alpha value is -0.550. The Morgan fingerprint density at radius 1 is 1.24 bits per heavy atom. The summed E-state index contributed by atoms with van der Waals surface area (Å²) in [6.07, 6.45) is 3.69. The van der Waals surface area contributed by atoms with E-state index >= 15 is 0 Å². The van der Waals surface area contributed by atoms with Crippen molar-refractivity contribution in [2.75, 3.05) is 5.73 Å². The Balaban J connectivity index is 2.19. The lowest BCUT2D eigenvalue weighted by atomic mass is 10.2. The summed E-state index contributed by atoms with van der Waals surface area (Å²) in [5.74, 6) is 0.0985. The van der Waals surface area contributed by atoms with Gasteiger partial charge in [0.15, 0.2) is 9.84 Å². The Bertz CT molecular complexity index is 487. The highest BCUT2D eigenvalue weighted by molar-refractivity contribution is 9.10. The van der Waals surface area contributed by atoms with Crippen molar-refractivity contribution in [1.82, 2.24) is 0 Å². The summed E-state index contributed by atoms with van der Waals surface area (Å²) in [7, 11) is -3.02. The molecule has 1 fully saturated rings. The third-order valence-corrected chi connectivity index (χ3v) is 5.84. The summed E-state index contributed by atoms with van der Waals surface area (Å²) in [5, 5.41) is -0.150. The van der Waals surface area contributed by atoms with E-state index in [1.807, 2.05) is 6.07 Å². The average molecular weight is 318 g/mol. The number of halogens is 1. The fourth-order valence-electron chi connectivity index (χ4n) is 2.36. The fraction of sp³-hybridized carbons (Fsp3) is 0.500. The van der Waals surface area contributed by atoms with Crippen molar-refractivity contribution >= 4 is 31.5 Å². The first-order chi connectivity index (χ1) is 7.97. The number of hydrogen-bond donors (Lipinski definition) is 1. The van der Waals surface area contributed by atoms with Crippen molar-refractivity contribution in [1.29, 1.82) is 0 Å². The van der Waals surface area contributed by atoms with Crippen LogP contribution in [0.1, 0.15) is 31.2 Å². The van der Waals surface area contributed by atoms with E-state index in [9.17, 15) is 8.42 Å². The number of rotatable bonds is 3. The molecule has 17 heavy (non-hydrogen) atoms. The SMILES string of the molecule is Nc1cc(Br)cc(CS(=O)(=O)C2CCCC2)c1. The van der Waals surface area contributed by atoms with Crippen LogP contribution < -0.4 is 5.73 Å². The van der Waals surface area contributed by atoms with E-state index in [-0.39, 0.29) is 11.0 Å². The number of hydrogen-bond acceptors (Lipinski definition) is 3. The second kappa shape index (κ2) is 4.98. The van der Waals surface area contributed by atoms with Crippen LogP contribution in [-0.4, -0.2) is 13.7 Å². The van der Waals surface area contributed by atoms with Crippen LogP contribution in [0, 0.1) is 0 Å². The number of benzene rings is 1. The van der Waals surface area contributed by atoms with Gasteiger partial charge in [0.25, 0.3) is 0 Å². The van der Waals surface area contributed by atoms with Gasteiger partial charge in [-0.25, -0.2) is 8.42 Å². The third kappa shape index (κ3) is 3.22. The summed E-state index contributed by atoms with van der Waals surface area (Å²) in [6.45, 7) is 0. The maximum atomic E-state index is 12.2. The molecule has 0 atom stereocenters. The lowest BCUT2D eigenvalue weighted by Crippen LogP contribution is -2.19. The minimum atomic E-state index is -3.02. The minimum absolute atomic E-state index is 0.0985. The van der Waals surface area contributed by atoms with Gasteiger partial charge < -0.3 is 5.73 Å². The Morgan fingerprint density at radius 2 is 1.88 bits per heavy atom. The molecule has 5 heteroatoms. The van der Waals surface area contributed by atoms with Gasteiger partial charge in [-0.05, 0) is 36.6 Å². The van der Waals surface area contributed by atoms with Crippen molar-refractivity contribution in [3.63, 3.8) is 0 Å². The highest BCUT2D eigenvalue weighted by Gasteiger charge is 2.28. The van der Waals surface area contributed by atoms with E-state index in [1.54, 1.807) is 12.1 Å². The summed E-state index contributed by atoms with van der Waals surface area (Å²) in [6, 6.07) is 5.33. The molecule has 1 aromatic carbocycles. The molecule has 0 unspecified atom stereocenters. The molecule has 1 aliphatic rings. The summed E-state index contributed by atoms with van der Waals surface area (Å²) < 4.78 is 25.2. The Labute approximate surface area is 110 Å². The van der Waals surface area contributed by atoms with Gasteiger partial charge in [0, 0.05) is 10.2 Å². The van der Waals surface area contributed by atoms with Crippen LogP contribution in [0.5, 0.6) is 0 Å². The van der Waals surface area contributed by atoms with Crippen LogP contribution in [0.4, 0.5) is 5.69 Å². The third-order valence-electron chi connectivity index (χ3n) is 3.16. The monoisotopic (exact) mass is 317 g/mol. The van der Waals surface area contributed by atoms with Gasteiger partial charge in [-0.15, -0.1) is 0 Å². The smallest absolute Gasteiger partial charge is 0.157 e. The molecule has 0 heterocycles. The topological polar surface area (TPSA) is 60.2 Å². The van der Waals surface area contributed by atoms with E-state index in [0.29, 0.717) is 5.69 Å². The van der Waals surface area contributed by atoms with Gasteiger partial charge in [0.05, 0.1) is 11.0 Å². The maximum Gasteiger partial charge on any atom is 0.157 e.